The highest BCUT2D eigenvalue weighted by atomic mass is 32.2. The van der Waals surface area contributed by atoms with Crippen LogP contribution in [0.15, 0.2) is 41.5 Å². The Morgan fingerprint density at radius 1 is 1.45 bits per heavy atom. The van der Waals surface area contributed by atoms with Crippen LogP contribution >= 0.6 is 0 Å². The second-order valence-corrected chi connectivity index (χ2v) is 9.12. The smallest absolute Gasteiger partial charge is 0.274 e. The normalized spacial score (nSPS) is 21.2. The molecule has 2 atom stereocenters. The first-order valence-electron chi connectivity index (χ1n) is 9.48. The number of nitrogens with one attached hydrogen (secondary N) is 1. The van der Waals surface area contributed by atoms with E-state index in [1.165, 1.54) is 34.8 Å². The number of anilines is 1. The fourth-order valence-electron chi connectivity index (χ4n) is 3.46. The number of nitrogens with zero attached hydrogens (tertiary/aromatic N) is 3. The Hall–Kier alpha value is -3.45. The Bertz CT molecular complexity index is 1120. The number of terminal acetylenes is 1. The summed E-state index contributed by atoms with van der Waals surface area (Å²) in [5.41, 5.74) is 6.65. The van der Waals surface area contributed by atoms with Crippen molar-refractivity contribution in [2.75, 3.05) is 19.0 Å². The fraction of sp³-hybridized carbons (Fsp3) is 0.286. The van der Waals surface area contributed by atoms with E-state index in [0.29, 0.717) is 24.3 Å². The number of carbonyl (C=O) groups is 1. The van der Waals surface area contributed by atoms with Crippen LogP contribution in [0.2, 0.25) is 0 Å². The van der Waals surface area contributed by atoms with Gasteiger partial charge in [-0.25, -0.2) is 18.6 Å². The first kappa shape index (κ1) is 20.8. The average Bonchev–Trinajstić information content (AvgIpc) is 3.57. The van der Waals surface area contributed by atoms with Gasteiger partial charge in [-0.3, -0.25) is 9.10 Å². The Labute approximate surface area is 181 Å². The number of carbonyl (C=O) groups excluding carboxylic acids is 1. The number of ether oxygens (including phenoxy) is 1. The fourth-order valence-corrected chi connectivity index (χ4v) is 5.04. The molecule has 0 saturated heterocycles. The maximum absolute atomic E-state index is 14.7. The Balaban J connectivity index is 1.57. The van der Waals surface area contributed by atoms with Crippen molar-refractivity contribution < 1.29 is 18.1 Å². The summed E-state index contributed by atoms with van der Waals surface area (Å²) < 4.78 is 33.5. The third kappa shape index (κ3) is 3.84. The molecule has 1 amide bonds. The van der Waals surface area contributed by atoms with Crippen LogP contribution in [-0.4, -0.2) is 43.8 Å². The molecule has 1 aliphatic heterocycles. The lowest BCUT2D eigenvalue weighted by Crippen LogP contribution is -2.47. The van der Waals surface area contributed by atoms with Crippen molar-refractivity contribution in [3.63, 3.8) is 0 Å². The Morgan fingerprint density at radius 2 is 2.23 bits per heavy atom. The van der Waals surface area contributed by atoms with Crippen LogP contribution in [0, 0.1) is 18.2 Å². The summed E-state index contributed by atoms with van der Waals surface area (Å²) in [7, 11) is 0.190. The van der Waals surface area contributed by atoms with Gasteiger partial charge in [0.1, 0.15) is 40.9 Å². The Kier molecular flexibility index (Phi) is 5.37. The van der Waals surface area contributed by atoms with E-state index in [0.717, 1.165) is 0 Å². The molecule has 0 bridgehead atoms. The van der Waals surface area contributed by atoms with Crippen LogP contribution in [0.25, 0.3) is 0 Å². The van der Waals surface area contributed by atoms with Crippen molar-refractivity contribution in [2.45, 2.75) is 23.6 Å². The number of benzene rings is 1. The molecule has 1 aliphatic carbocycles. The minimum atomic E-state index is -1.42. The van der Waals surface area contributed by atoms with E-state index < -0.39 is 33.5 Å². The molecule has 8 nitrogen and oxygen atoms in total. The number of hydrogen-bond donors (Lipinski definition) is 2. The van der Waals surface area contributed by atoms with E-state index in [9.17, 15) is 13.4 Å². The SMILES string of the molecule is C#CCOc1ccc(C(=O)Nc2ccc(F)c(C3N=C(N)N(C)S(=O)C34CC4)c2)nc1. The molecule has 1 spiro atoms. The van der Waals surface area contributed by atoms with Crippen LogP contribution < -0.4 is 15.8 Å². The molecule has 1 aromatic carbocycles. The van der Waals surface area contributed by atoms with Crippen molar-refractivity contribution >= 4 is 28.5 Å². The van der Waals surface area contributed by atoms with Gasteiger partial charge in [0.25, 0.3) is 5.91 Å². The van der Waals surface area contributed by atoms with Gasteiger partial charge in [0, 0.05) is 18.3 Å². The van der Waals surface area contributed by atoms with Gasteiger partial charge in [0.05, 0.1) is 10.9 Å². The van der Waals surface area contributed by atoms with E-state index in [-0.39, 0.29) is 23.8 Å². The van der Waals surface area contributed by atoms with Gasteiger partial charge >= 0.3 is 0 Å². The van der Waals surface area contributed by atoms with Gasteiger partial charge in [-0.15, -0.1) is 6.42 Å². The largest absolute Gasteiger partial charge is 0.479 e. The molecular weight excluding hydrogens is 421 g/mol. The lowest BCUT2D eigenvalue weighted by Gasteiger charge is -2.34. The molecule has 2 aliphatic rings. The van der Waals surface area contributed by atoms with Crippen LogP contribution in [0.3, 0.4) is 0 Å². The highest BCUT2D eigenvalue weighted by Gasteiger charge is 2.60. The number of pyridine rings is 1. The molecule has 2 heterocycles. The third-order valence-corrected chi connectivity index (χ3v) is 7.27. The summed E-state index contributed by atoms with van der Waals surface area (Å²) in [6.45, 7) is 0.0990. The molecule has 3 N–H and O–H groups in total. The topological polar surface area (TPSA) is 110 Å². The molecule has 160 valence electrons. The van der Waals surface area contributed by atoms with E-state index in [1.54, 1.807) is 13.1 Å². The first-order valence-corrected chi connectivity index (χ1v) is 10.6. The highest BCUT2D eigenvalue weighted by molar-refractivity contribution is 7.85. The number of guanidine groups is 1. The monoisotopic (exact) mass is 441 g/mol. The van der Waals surface area contributed by atoms with E-state index >= 15 is 0 Å². The standard InChI is InChI=1S/C21H20FN5O3S/c1-3-10-30-14-5-7-17(24-12-14)19(28)25-13-4-6-16(22)15(11-13)18-21(8-9-21)31(29)27(2)20(23)26-18/h1,4-7,11-12,18H,8-10H2,2H3,(H2,23,26)(H,25,28). The number of aromatic nitrogens is 1. The van der Waals surface area contributed by atoms with Crippen LogP contribution in [0.1, 0.15) is 34.9 Å². The third-order valence-electron chi connectivity index (χ3n) is 5.26. The van der Waals surface area contributed by atoms with Crippen LogP contribution in [-0.2, 0) is 11.0 Å². The minimum absolute atomic E-state index is 0.0889. The van der Waals surface area contributed by atoms with Crippen molar-refractivity contribution in [2.24, 2.45) is 10.7 Å². The summed E-state index contributed by atoms with van der Waals surface area (Å²) in [6.07, 6.45) is 7.84. The first-order chi connectivity index (χ1) is 14.9. The van der Waals surface area contributed by atoms with Crippen molar-refractivity contribution in [1.29, 1.82) is 0 Å². The number of amides is 1. The number of nitrogens with two attached hydrogens (primary N) is 1. The molecule has 2 aromatic rings. The maximum Gasteiger partial charge on any atom is 0.274 e. The van der Waals surface area contributed by atoms with Gasteiger partial charge in [-0.2, -0.15) is 0 Å². The average molecular weight is 441 g/mol. The van der Waals surface area contributed by atoms with Crippen molar-refractivity contribution in [1.82, 2.24) is 9.29 Å². The van der Waals surface area contributed by atoms with Gasteiger partial charge in [-0.1, -0.05) is 5.92 Å². The molecule has 1 saturated carbocycles. The molecule has 0 radical (unpaired) electrons. The van der Waals surface area contributed by atoms with E-state index in [2.05, 4.69) is 21.2 Å². The van der Waals surface area contributed by atoms with E-state index in [4.69, 9.17) is 16.9 Å². The summed E-state index contributed by atoms with van der Waals surface area (Å²) in [6, 6.07) is 6.58. The number of halogens is 1. The Morgan fingerprint density at radius 3 is 2.87 bits per heavy atom. The summed E-state index contributed by atoms with van der Waals surface area (Å²) >= 11 is 0. The van der Waals surface area contributed by atoms with Gasteiger partial charge in [-0.05, 0) is 43.2 Å². The zero-order valence-electron chi connectivity index (χ0n) is 16.7. The second kappa shape index (κ2) is 8.00. The number of aliphatic imine (C=N–C) groups is 1. The lowest BCUT2D eigenvalue weighted by atomic mass is 10.0. The van der Waals surface area contributed by atoms with Gasteiger partial charge < -0.3 is 15.8 Å². The molecule has 1 aromatic heterocycles. The van der Waals surface area contributed by atoms with Gasteiger partial charge in [0.2, 0.25) is 5.96 Å². The zero-order valence-corrected chi connectivity index (χ0v) is 17.5. The minimum Gasteiger partial charge on any atom is -0.479 e. The predicted octanol–water partition coefficient (Wildman–Crippen LogP) is 1.98. The predicted molar refractivity (Wildman–Crippen MR) is 115 cm³/mol. The van der Waals surface area contributed by atoms with Crippen LogP contribution in [0.4, 0.5) is 10.1 Å². The van der Waals surface area contributed by atoms with Crippen molar-refractivity contribution in [3.05, 3.63) is 53.6 Å². The van der Waals surface area contributed by atoms with Crippen LogP contribution in [0.5, 0.6) is 5.75 Å². The highest BCUT2D eigenvalue weighted by Crippen LogP contribution is 2.55. The number of hydrogen-bond acceptors (Lipinski definition) is 6. The number of rotatable bonds is 5. The summed E-state index contributed by atoms with van der Waals surface area (Å²) in [4.78, 5) is 21.0. The quantitative estimate of drug-likeness (QED) is 0.690. The molecule has 2 unspecified atom stereocenters. The zero-order chi connectivity index (χ0) is 22.2. The van der Waals surface area contributed by atoms with Gasteiger partial charge in [0.15, 0.2) is 0 Å². The molecule has 4 rings (SSSR count). The second-order valence-electron chi connectivity index (χ2n) is 7.26. The molecular formula is C21H20FN5O3S. The summed E-state index contributed by atoms with van der Waals surface area (Å²) in [5, 5.41) is 2.70. The van der Waals surface area contributed by atoms with Crippen molar-refractivity contribution in [3.8, 4) is 18.1 Å². The molecule has 10 heteroatoms. The maximum atomic E-state index is 14.7. The molecule has 31 heavy (non-hydrogen) atoms. The molecule has 1 fully saturated rings. The summed E-state index contributed by atoms with van der Waals surface area (Å²) in [5.74, 6) is 1.90. The lowest BCUT2D eigenvalue weighted by molar-refractivity contribution is 0.102. The van der Waals surface area contributed by atoms with E-state index in [1.807, 2.05) is 0 Å².